The summed E-state index contributed by atoms with van der Waals surface area (Å²) in [5.41, 5.74) is 3.29. The highest BCUT2D eigenvalue weighted by Gasteiger charge is 2.65. The van der Waals surface area contributed by atoms with E-state index in [1.165, 1.54) is 11.1 Å². The van der Waals surface area contributed by atoms with E-state index < -0.39 is 4.33 Å². The molecule has 124 valence electrons. The summed E-state index contributed by atoms with van der Waals surface area (Å²) >= 11 is 12.7. The lowest BCUT2D eigenvalue weighted by Crippen LogP contribution is -2.16. The number of aryl methyl sites for hydroxylation is 2. The third kappa shape index (κ3) is 2.78. The van der Waals surface area contributed by atoms with Crippen LogP contribution in [0.4, 0.5) is 5.69 Å². The monoisotopic (exact) mass is 351 g/mol. The molecule has 3 aliphatic rings. The van der Waals surface area contributed by atoms with Crippen LogP contribution in [0.5, 0.6) is 0 Å². The number of fused-ring (bicyclic) bond motifs is 2. The molecule has 3 saturated carbocycles. The average molecular weight is 352 g/mol. The molecule has 0 heterocycles. The van der Waals surface area contributed by atoms with Gasteiger partial charge in [0.2, 0.25) is 5.91 Å². The van der Waals surface area contributed by atoms with Gasteiger partial charge in [-0.25, -0.2) is 0 Å². The molecular formula is C19H23Cl2NO. The number of carbonyl (C=O) groups is 1. The zero-order chi connectivity index (χ0) is 16.4. The normalized spacial score (nSPS) is 37.0. The quantitative estimate of drug-likeness (QED) is 0.738. The summed E-state index contributed by atoms with van der Waals surface area (Å²) in [6.45, 7) is 4.12. The van der Waals surface area contributed by atoms with Gasteiger partial charge in [-0.1, -0.05) is 6.07 Å². The Hall–Kier alpha value is -0.730. The van der Waals surface area contributed by atoms with Crippen molar-refractivity contribution < 1.29 is 4.79 Å². The highest BCUT2D eigenvalue weighted by molar-refractivity contribution is 6.51. The van der Waals surface area contributed by atoms with Gasteiger partial charge in [-0.15, -0.1) is 23.2 Å². The van der Waals surface area contributed by atoms with Gasteiger partial charge in [0.25, 0.3) is 0 Å². The average Bonchev–Trinajstić information content (AvgIpc) is 3.22. The molecule has 5 atom stereocenters. The highest BCUT2D eigenvalue weighted by Crippen LogP contribution is 2.67. The maximum atomic E-state index is 12.6. The highest BCUT2D eigenvalue weighted by atomic mass is 35.5. The molecule has 3 aliphatic carbocycles. The third-order valence-corrected chi connectivity index (χ3v) is 7.23. The smallest absolute Gasteiger partial charge is 0.228 e. The van der Waals surface area contributed by atoms with Gasteiger partial charge >= 0.3 is 0 Å². The molecule has 0 radical (unpaired) electrons. The number of amides is 1. The van der Waals surface area contributed by atoms with Gasteiger partial charge in [0.15, 0.2) is 0 Å². The summed E-state index contributed by atoms with van der Waals surface area (Å²) in [5, 5.41) is 3.13. The number of carbonyl (C=O) groups excluding carboxylic acids is 1. The van der Waals surface area contributed by atoms with E-state index >= 15 is 0 Å². The summed E-state index contributed by atoms with van der Waals surface area (Å²) in [6.07, 6.45) is 4.34. The van der Waals surface area contributed by atoms with Crippen molar-refractivity contribution in [1.29, 1.82) is 0 Å². The van der Waals surface area contributed by atoms with Crippen LogP contribution in [-0.2, 0) is 4.79 Å². The number of anilines is 1. The molecule has 1 aromatic carbocycles. The number of halogens is 2. The van der Waals surface area contributed by atoms with E-state index in [0.29, 0.717) is 23.7 Å². The summed E-state index contributed by atoms with van der Waals surface area (Å²) in [6, 6.07) is 6.21. The van der Waals surface area contributed by atoms with Crippen LogP contribution in [0.25, 0.3) is 0 Å². The van der Waals surface area contributed by atoms with Crippen molar-refractivity contribution in [2.75, 3.05) is 5.32 Å². The first-order valence-electron chi connectivity index (χ1n) is 8.65. The van der Waals surface area contributed by atoms with Gasteiger partial charge in [-0.05, 0) is 86.5 Å². The summed E-state index contributed by atoms with van der Waals surface area (Å²) < 4.78 is -0.479. The molecule has 0 spiro atoms. The zero-order valence-electron chi connectivity index (χ0n) is 13.6. The van der Waals surface area contributed by atoms with E-state index in [1.54, 1.807) is 0 Å². The van der Waals surface area contributed by atoms with Crippen LogP contribution in [-0.4, -0.2) is 10.2 Å². The van der Waals surface area contributed by atoms with Gasteiger partial charge in [-0.3, -0.25) is 4.79 Å². The van der Waals surface area contributed by atoms with Crippen molar-refractivity contribution in [3.8, 4) is 0 Å². The van der Waals surface area contributed by atoms with Crippen LogP contribution in [0.15, 0.2) is 18.2 Å². The standard InChI is InChI=1S/C19H23Cl2NO/c1-10-7-11(2)9-12(8-10)22-18(23)17-13-3-5-15-16(19(15,20)21)6-4-14(13)17/h7-9,13-17H,3-6H2,1-2H3,(H,22,23)/t13-,14+,15-,16+,17?. The van der Waals surface area contributed by atoms with E-state index in [4.69, 9.17) is 23.2 Å². The molecule has 1 aromatic rings. The Morgan fingerprint density at radius 2 is 1.52 bits per heavy atom. The summed E-state index contributed by atoms with van der Waals surface area (Å²) in [5.74, 6) is 2.36. The molecule has 0 saturated heterocycles. The molecule has 0 aliphatic heterocycles. The minimum Gasteiger partial charge on any atom is -0.326 e. The van der Waals surface area contributed by atoms with Crippen molar-refractivity contribution in [2.45, 2.75) is 43.9 Å². The van der Waals surface area contributed by atoms with Crippen LogP contribution in [0, 0.1) is 43.4 Å². The molecule has 3 fully saturated rings. The number of rotatable bonds is 2. The first-order valence-corrected chi connectivity index (χ1v) is 9.40. The molecule has 0 bridgehead atoms. The zero-order valence-corrected chi connectivity index (χ0v) is 15.1. The van der Waals surface area contributed by atoms with Crippen molar-refractivity contribution >= 4 is 34.8 Å². The molecule has 4 rings (SSSR count). The fraction of sp³-hybridized carbons (Fsp3) is 0.632. The number of hydrogen-bond acceptors (Lipinski definition) is 1. The maximum Gasteiger partial charge on any atom is 0.228 e. The van der Waals surface area contributed by atoms with Crippen molar-refractivity contribution in [3.63, 3.8) is 0 Å². The second-order valence-electron chi connectivity index (χ2n) is 7.76. The SMILES string of the molecule is Cc1cc(C)cc(NC(=O)C2[C@H]3CC[C@H]4[C@@H](CC[C@@H]23)C4(Cl)Cl)c1. The molecule has 1 amide bonds. The van der Waals surface area contributed by atoms with Crippen LogP contribution in [0.3, 0.4) is 0 Å². The predicted molar refractivity (Wildman–Crippen MR) is 94.9 cm³/mol. The van der Waals surface area contributed by atoms with E-state index in [1.807, 2.05) is 12.1 Å². The number of alkyl halides is 2. The Labute approximate surface area is 147 Å². The Kier molecular flexibility index (Phi) is 3.70. The second kappa shape index (κ2) is 5.39. The lowest BCUT2D eigenvalue weighted by Gasteiger charge is -2.07. The molecule has 4 heteroatoms. The van der Waals surface area contributed by atoms with Crippen molar-refractivity contribution in [1.82, 2.24) is 0 Å². The first kappa shape index (κ1) is 15.8. The first-order chi connectivity index (χ1) is 10.9. The lowest BCUT2D eigenvalue weighted by atomic mass is 10.0. The fourth-order valence-corrected chi connectivity index (χ4v) is 5.80. The fourth-order valence-electron chi connectivity index (χ4n) is 4.89. The van der Waals surface area contributed by atoms with Crippen LogP contribution >= 0.6 is 23.2 Å². The van der Waals surface area contributed by atoms with E-state index in [-0.39, 0.29) is 11.8 Å². The minimum atomic E-state index is -0.479. The second-order valence-corrected chi connectivity index (χ2v) is 9.21. The van der Waals surface area contributed by atoms with Gasteiger partial charge in [-0.2, -0.15) is 0 Å². The minimum absolute atomic E-state index is 0.188. The van der Waals surface area contributed by atoms with Crippen LogP contribution in [0.1, 0.15) is 36.8 Å². The lowest BCUT2D eigenvalue weighted by molar-refractivity contribution is -0.117. The number of benzene rings is 1. The van der Waals surface area contributed by atoms with Crippen LogP contribution < -0.4 is 5.32 Å². The largest absolute Gasteiger partial charge is 0.326 e. The molecular weight excluding hydrogens is 329 g/mol. The topological polar surface area (TPSA) is 29.1 Å². The maximum absolute atomic E-state index is 12.6. The van der Waals surface area contributed by atoms with Gasteiger partial charge in [0.1, 0.15) is 4.33 Å². The number of nitrogens with one attached hydrogen (secondary N) is 1. The Morgan fingerprint density at radius 3 is 2.04 bits per heavy atom. The molecule has 1 unspecified atom stereocenters. The third-order valence-electron chi connectivity index (χ3n) is 6.11. The van der Waals surface area contributed by atoms with Gasteiger partial charge in [0.05, 0.1) is 0 Å². The van der Waals surface area contributed by atoms with Crippen molar-refractivity contribution in [2.24, 2.45) is 29.6 Å². The molecule has 2 nitrogen and oxygen atoms in total. The van der Waals surface area contributed by atoms with E-state index in [2.05, 4.69) is 25.2 Å². The van der Waals surface area contributed by atoms with E-state index in [9.17, 15) is 4.79 Å². The Balaban J connectivity index is 1.40. The van der Waals surface area contributed by atoms with Crippen molar-refractivity contribution in [3.05, 3.63) is 29.3 Å². The van der Waals surface area contributed by atoms with Gasteiger partial charge < -0.3 is 5.32 Å². The Morgan fingerprint density at radius 1 is 1.00 bits per heavy atom. The molecule has 0 aromatic heterocycles. The molecule has 1 N–H and O–H groups in total. The van der Waals surface area contributed by atoms with Crippen LogP contribution in [0.2, 0.25) is 0 Å². The molecule has 23 heavy (non-hydrogen) atoms. The summed E-state index contributed by atoms with van der Waals surface area (Å²) in [4.78, 5) is 12.6. The predicted octanol–water partition coefficient (Wildman–Crippen LogP) is 5.10. The Bertz CT molecular complexity index is 615. The number of hydrogen-bond donors (Lipinski definition) is 1. The van der Waals surface area contributed by atoms with Gasteiger partial charge in [0, 0.05) is 11.6 Å². The van der Waals surface area contributed by atoms with E-state index in [0.717, 1.165) is 31.4 Å². The summed E-state index contributed by atoms with van der Waals surface area (Å²) in [7, 11) is 0.